The van der Waals surface area contributed by atoms with Gasteiger partial charge in [0.2, 0.25) is 0 Å². The molecule has 0 aliphatic rings. The summed E-state index contributed by atoms with van der Waals surface area (Å²) in [5.74, 6) is 0. The summed E-state index contributed by atoms with van der Waals surface area (Å²) in [6.07, 6.45) is 1.48. The Hall–Kier alpha value is -1.52. The minimum absolute atomic E-state index is 0.153. The van der Waals surface area contributed by atoms with E-state index < -0.39 is 10.0 Å². The van der Waals surface area contributed by atoms with E-state index in [1.165, 1.54) is 12.1 Å². The van der Waals surface area contributed by atoms with Crippen LogP contribution in [0.3, 0.4) is 0 Å². The first-order valence-corrected chi connectivity index (χ1v) is 8.64. The number of rotatable bonds is 5. The second-order valence-electron chi connectivity index (χ2n) is 4.65. The van der Waals surface area contributed by atoms with Crippen LogP contribution in [0.25, 0.3) is 4.72 Å². The lowest BCUT2D eigenvalue weighted by Gasteiger charge is -2.28. The largest absolute Gasteiger partial charge is 0.572 e. The number of nitrogens with zero attached hydrogens (tertiary/aromatic N) is 1. The normalized spacial score (nSPS) is 11.4. The van der Waals surface area contributed by atoms with Gasteiger partial charge in [-0.25, -0.2) is 8.42 Å². The Morgan fingerprint density at radius 2 is 1.48 bits per heavy atom. The van der Waals surface area contributed by atoms with Gasteiger partial charge in [-0.1, -0.05) is 54.8 Å². The monoisotopic (exact) mass is 322 g/mol. The van der Waals surface area contributed by atoms with Crippen LogP contribution in [-0.2, 0) is 22.9 Å². The molecule has 0 saturated heterocycles. The van der Waals surface area contributed by atoms with Gasteiger partial charge in [0, 0.05) is 5.02 Å². The Morgan fingerprint density at radius 3 is 1.95 bits per heavy atom. The highest BCUT2D eigenvalue weighted by atomic mass is 35.5. The SMILES string of the molecule is CCc1cccc(CC)c1[N-]S(=O)(=O)c1ccc(Cl)cc1. The molecular weight excluding hydrogens is 306 g/mol. The minimum Gasteiger partial charge on any atom is -0.572 e. The molecule has 21 heavy (non-hydrogen) atoms. The molecule has 0 atom stereocenters. The molecule has 0 saturated carbocycles. The first-order chi connectivity index (χ1) is 9.97. The van der Waals surface area contributed by atoms with Gasteiger partial charge in [0.1, 0.15) is 10.0 Å². The van der Waals surface area contributed by atoms with Gasteiger partial charge in [0.15, 0.2) is 0 Å². The molecule has 0 unspecified atom stereocenters. The van der Waals surface area contributed by atoms with Gasteiger partial charge in [-0.2, -0.15) is 0 Å². The maximum atomic E-state index is 12.4. The molecule has 0 aromatic heterocycles. The van der Waals surface area contributed by atoms with Gasteiger partial charge in [-0.3, -0.25) is 0 Å². The Morgan fingerprint density at radius 1 is 0.952 bits per heavy atom. The second kappa shape index (κ2) is 6.50. The Balaban J connectivity index is 2.43. The van der Waals surface area contributed by atoms with E-state index in [1.807, 2.05) is 32.0 Å². The van der Waals surface area contributed by atoms with Crippen LogP contribution in [0.15, 0.2) is 47.4 Å². The average molecular weight is 323 g/mol. The standard InChI is InChI=1S/C16H17ClNO2S/c1-3-12-6-5-7-13(4-2)16(12)18-21(19,20)15-10-8-14(17)9-11-15/h5-11H,3-4H2,1-2H3/q-1. The summed E-state index contributed by atoms with van der Waals surface area (Å²) in [6, 6.07) is 11.8. The van der Waals surface area contributed by atoms with Crippen LogP contribution in [0.2, 0.25) is 5.02 Å². The number of hydrogen-bond donors (Lipinski definition) is 0. The Kier molecular flexibility index (Phi) is 4.91. The summed E-state index contributed by atoms with van der Waals surface area (Å²) in [4.78, 5) is 0.153. The third kappa shape index (κ3) is 3.57. The lowest BCUT2D eigenvalue weighted by molar-refractivity contribution is 0.603. The third-order valence-corrected chi connectivity index (χ3v) is 4.83. The zero-order chi connectivity index (χ0) is 15.5. The third-order valence-electron chi connectivity index (χ3n) is 3.29. The summed E-state index contributed by atoms with van der Waals surface area (Å²) in [7, 11) is -3.73. The van der Waals surface area contributed by atoms with Gasteiger partial charge in [-0.15, -0.1) is 5.69 Å². The van der Waals surface area contributed by atoms with Crippen LogP contribution in [0, 0.1) is 0 Å². The summed E-state index contributed by atoms with van der Waals surface area (Å²) in [5.41, 5.74) is 2.44. The molecule has 0 amide bonds. The fraction of sp³-hybridized carbons (Fsp3) is 0.250. The molecule has 0 fully saturated rings. The van der Waals surface area contributed by atoms with E-state index in [-0.39, 0.29) is 4.90 Å². The summed E-state index contributed by atoms with van der Waals surface area (Å²) >= 11 is 5.79. The first-order valence-electron chi connectivity index (χ1n) is 6.82. The van der Waals surface area contributed by atoms with Gasteiger partial charge in [0.25, 0.3) is 0 Å². The van der Waals surface area contributed by atoms with Crippen LogP contribution < -0.4 is 0 Å². The van der Waals surface area contributed by atoms with Crippen molar-refractivity contribution in [2.45, 2.75) is 31.6 Å². The van der Waals surface area contributed by atoms with E-state index in [0.717, 1.165) is 24.0 Å². The van der Waals surface area contributed by atoms with Gasteiger partial charge in [-0.05, 0) is 37.1 Å². The molecule has 0 aliphatic heterocycles. The fourth-order valence-electron chi connectivity index (χ4n) is 2.11. The number of halogens is 1. The quantitative estimate of drug-likeness (QED) is 0.789. The van der Waals surface area contributed by atoms with E-state index in [9.17, 15) is 8.42 Å². The zero-order valence-corrected chi connectivity index (χ0v) is 13.6. The maximum absolute atomic E-state index is 12.4. The van der Waals surface area contributed by atoms with Crippen molar-refractivity contribution in [2.24, 2.45) is 0 Å². The Bertz CT molecular complexity index is 702. The van der Waals surface area contributed by atoms with E-state index in [0.29, 0.717) is 10.7 Å². The lowest BCUT2D eigenvalue weighted by atomic mass is 10.0. The molecular formula is C16H17ClNO2S-. The highest BCUT2D eigenvalue weighted by Crippen LogP contribution is 2.35. The number of aryl methyl sites for hydroxylation is 2. The second-order valence-corrected chi connectivity index (χ2v) is 6.69. The summed E-state index contributed by atoms with van der Waals surface area (Å²) < 4.78 is 28.9. The van der Waals surface area contributed by atoms with Crippen LogP contribution in [0.4, 0.5) is 5.69 Å². The van der Waals surface area contributed by atoms with Crippen LogP contribution >= 0.6 is 11.6 Å². The lowest BCUT2D eigenvalue weighted by Crippen LogP contribution is -2.00. The fourth-order valence-corrected chi connectivity index (χ4v) is 3.30. The van der Waals surface area contributed by atoms with Crippen molar-refractivity contribution in [3.05, 3.63) is 63.3 Å². The maximum Gasteiger partial charge on any atom is 0.123 e. The molecule has 3 nitrogen and oxygen atoms in total. The van der Waals surface area contributed by atoms with Crippen molar-refractivity contribution in [3.63, 3.8) is 0 Å². The number of sulfonamides is 1. The predicted octanol–water partition coefficient (Wildman–Crippen LogP) is 4.86. The predicted molar refractivity (Wildman–Crippen MR) is 86.9 cm³/mol. The van der Waals surface area contributed by atoms with Gasteiger partial charge >= 0.3 is 0 Å². The van der Waals surface area contributed by atoms with E-state index >= 15 is 0 Å². The van der Waals surface area contributed by atoms with Gasteiger partial charge in [0.05, 0.1) is 4.90 Å². The van der Waals surface area contributed by atoms with Crippen molar-refractivity contribution in [2.75, 3.05) is 0 Å². The highest BCUT2D eigenvalue weighted by molar-refractivity contribution is 7.94. The minimum atomic E-state index is -3.73. The molecule has 2 aromatic rings. The summed E-state index contributed by atoms with van der Waals surface area (Å²) in [6.45, 7) is 3.98. The van der Waals surface area contributed by atoms with Crippen LogP contribution in [0.5, 0.6) is 0 Å². The summed E-state index contributed by atoms with van der Waals surface area (Å²) in [5, 5.41) is 0.497. The smallest absolute Gasteiger partial charge is 0.123 e. The molecule has 0 radical (unpaired) electrons. The molecule has 0 N–H and O–H groups in total. The average Bonchev–Trinajstić information content (AvgIpc) is 2.47. The molecule has 0 aliphatic carbocycles. The van der Waals surface area contributed by atoms with Crippen molar-refractivity contribution in [1.29, 1.82) is 0 Å². The van der Waals surface area contributed by atoms with E-state index in [4.69, 9.17) is 11.6 Å². The van der Waals surface area contributed by atoms with Crippen molar-refractivity contribution in [1.82, 2.24) is 0 Å². The zero-order valence-electron chi connectivity index (χ0n) is 12.0. The van der Waals surface area contributed by atoms with Crippen molar-refractivity contribution < 1.29 is 8.42 Å². The molecule has 0 heterocycles. The molecule has 112 valence electrons. The van der Waals surface area contributed by atoms with Crippen LogP contribution in [-0.4, -0.2) is 8.42 Å². The van der Waals surface area contributed by atoms with Gasteiger partial charge < -0.3 is 4.72 Å². The number of benzene rings is 2. The molecule has 0 spiro atoms. The van der Waals surface area contributed by atoms with E-state index in [2.05, 4.69) is 4.72 Å². The number of hydrogen-bond acceptors (Lipinski definition) is 2. The molecule has 2 aromatic carbocycles. The van der Waals surface area contributed by atoms with E-state index in [1.54, 1.807) is 12.1 Å². The molecule has 0 bridgehead atoms. The van der Waals surface area contributed by atoms with Crippen molar-refractivity contribution >= 4 is 27.3 Å². The topological polar surface area (TPSA) is 48.2 Å². The first kappa shape index (κ1) is 15.9. The van der Waals surface area contributed by atoms with Crippen molar-refractivity contribution in [3.8, 4) is 0 Å². The highest BCUT2D eigenvalue weighted by Gasteiger charge is 2.07. The Labute approximate surface area is 131 Å². The van der Waals surface area contributed by atoms with Crippen LogP contribution in [0.1, 0.15) is 25.0 Å². The molecule has 2 rings (SSSR count). The molecule has 5 heteroatoms.